The Morgan fingerprint density at radius 1 is 0.720 bits per heavy atom. The summed E-state index contributed by atoms with van der Waals surface area (Å²) in [5.41, 5.74) is 3.30. The van der Waals surface area contributed by atoms with Crippen LogP contribution in [-0.2, 0) is 6.42 Å². The fourth-order valence-electron chi connectivity index (χ4n) is 4.75. The molecular weight excluding hydrogens is 304 g/mol. The van der Waals surface area contributed by atoms with Gasteiger partial charge in [-0.15, -0.1) is 0 Å². The summed E-state index contributed by atoms with van der Waals surface area (Å²) in [7, 11) is 0. The van der Waals surface area contributed by atoms with E-state index in [1.54, 1.807) is 0 Å². The lowest BCUT2D eigenvalue weighted by molar-refractivity contribution is 0.136. The van der Waals surface area contributed by atoms with Crippen LogP contribution in [-0.4, -0.2) is 36.6 Å². The van der Waals surface area contributed by atoms with Gasteiger partial charge in [-0.1, -0.05) is 48.5 Å². The molecule has 2 aliphatic rings. The average molecular weight is 335 g/mol. The Labute approximate surface area is 152 Å². The Morgan fingerprint density at radius 2 is 1.40 bits per heavy atom. The molecule has 0 bridgehead atoms. The van der Waals surface area contributed by atoms with Crippen LogP contribution in [0, 0.1) is 0 Å². The molecule has 0 radical (unpaired) electrons. The molecule has 2 nitrogen and oxygen atoms in total. The maximum atomic E-state index is 2.74. The SMILES string of the molecule is c1ccc(CCN2CCC3(CCCCN3c3ccccc3)CC2)cc1. The topological polar surface area (TPSA) is 6.48 Å². The first-order valence-electron chi connectivity index (χ1n) is 9.95. The van der Waals surface area contributed by atoms with E-state index in [-0.39, 0.29) is 0 Å². The fraction of sp³-hybridized carbons (Fsp3) is 0.478. The van der Waals surface area contributed by atoms with Gasteiger partial charge < -0.3 is 9.80 Å². The van der Waals surface area contributed by atoms with Gasteiger partial charge in [-0.25, -0.2) is 0 Å². The van der Waals surface area contributed by atoms with Crippen molar-refractivity contribution in [3.8, 4) is 0 Å². The number of nitrogens with zero attached hydrogens (tertiary/aromatic N) is 2. The van der Waals surface area contributed by atoms with Crippen LogP contribution in [0.5, 0.6) is 0 Å². The van der Waals surface area contributed by atoms with Gasteiger partial charge >= 0.3 is 0 Å². The molecule has 0 aliphatic carbocycles. The largest absolute Gasteiger partial charge is 0.366 e. The van der Waals surface area contributed by atoms with E-state index >= 15 is 0 Å². The molecule has 0 saturated carbocycles. The zero-order valence-electron chi connectivity index (χ0n) is 15.2. The smallest absolute Gasteiger partial charge is 0.0426 e. The average Bonchev–Trinajstić information content (AvgIpc) is 2.69. The van der Waals surface area contributed by atoms with Gasteiger partial charge in [0.2, 0.25) is 0 Å². The van der Waals surface area contributed by atoms with Gasteiger partial charge in [0, 0.05) is 37.4 Å². The molecule has 132 valence electrons. The van der Waals surface area contributed by atoms with Crippen LogP contribution in [0.3, 0.4) is 0 Å². The van der Waals surface area contributed by atoms with Crippen molar-refractivity contribution in [1.82, 2.24) is 4.90 Å². The molecule has 0 unspecified atom stereocenters. The molecule has 0 atom stereocenters. The van der Waals surface area contributed by atoms with Crippen molar-refractivity contribution in [3.63, 3.8) is 0 Å². The maximum Gasteiger partial charge on any atom is 0.0426 e. The standard InChI is InChI=1S/C23H30N2/c1-3-9-21(10-4-1)13-18-24-19-15-23(16-20-24)14-7-8-17-25(23)22-11-5-2-6-12-22/h1-6,9-12H,7-8,13-20H2. The van der Waals surface area contributed by atoms with Gasteiger partial charge in [0.15, 0.2) is 0 Å². The lowest BCUT2D eigenvalue weighted by Crippen LogP contribution is -2.58. The summed E-state index contributed by atoms with van der Waals surface area (Å²) in [5, 5.41) is 0. The monoisotopic (exact) mass is 334 g/mol. The molecule has 0 N–H and O–H groups in total. The van der Waals surface area contributed by atoms with E-state index in [4.69, 9.17) is 0 Å². The molecule has 0 aromatic heterocycles. The van der Waals surface area contributed by atoms with Crippen molar-refractivity contribution < 1.29 is 0 Å². The number of para-hydroxylation sites is 1. The number of anilines is 1. The fourth-order valence-corrected chi connectivity index (χ4v) is 4.75. The first kappa shape index (κ1) is 16.7. The van der Waals surface area contributed by atoms with Gasteiger partial charge in [0.1, 0.15) is 0 Å². The molecule has 2 heteroatoms. The minimum absolute atomic E-state index is 0.406. The molecule has 2 aromatic rings. The third-order valence-electron chi connectivity index (χ3n) is 6.26. The summed E-state index contributed by atoms with van der Waals surface area (Å²) >= 11 is 0. The Morgan fingerprint density at radius 3 is 2.12 bits per heavy atom. The van der Waals surface area contributed by atoms with Crippen LogP contribution < -0.4 is 4.90 Å². The van der Waals surface area contributed by atoms with Crippen LogP contribution in [0.25, 0.3) is 0 Å². The van der Waals surface area contributed by atoms with Crippen LogP contribution in [0.1, 0.15) is 37.7 Å². The van der Waals surface area contributed by atoms with E-state index in [0.29, 0.717) is 5.54 Å². The van der Waals surface area contributed by atoms with Crippen LogP contribution in [0.4, 0.5) is 5.69 Å². The summed E-state index contributed by atoms with van der Waals surface area (Å²) in [4.78, 5) is 5.42. The van der Waals surface area contributed by atoms with E-state index in [9.17, 15) is 0 Å². The third kappa shape index (κ3) is 3.74. The normalized spacial score (nSPS) is 20.7. The first-order valence-corrected chi connectivity index (χ1v) is 9.95. The number of likely N-dealkylation sites (tertiary alicyclic amines) is 1. The highest BCUT2D eigenvalue weighted by atomic mass is 15.2. The first-order chi connectivity index (χ1) is 12.4. The van der Waals surface area contributed by atoms with Gasteiger partial charge in [-0.2, -0.15) is 0 Å². The number of piperidine rings is 2. The van der Waals surface area contributed by atoms with E-state index in [0.717, 1.165) is 0 Å². The van der Waals surface area contributed by atoms with Crippen LogP contribution >= 0.6 is 0 Å². The van der Waals surface area contributed by atoms with Gasteiger partial charge in [-0.05, 0) is 56.2 Å². The highest BCUT2D eigenvalue weighted by Crippen LogP contribution is 2.40. The molecule has 2 saturated heterocycles. The summed E-state index contributed by atoms with van der Waals surface area (Å²) < 4.78 is 0. The quantitative estimate of drug-likeness (QED) is 0.796. The predicted octanol–water partition coefficient (Wildman–Crippen LogP) is 4.75. The predicted molar refractivity (Wildman–Crippen MR) is 106 cm³/mol. The van der Waals surface area contributed by atoms with Crippen LogP contribution in [0.15, 0.2) is 60.7 Å². The molecule has 1 spiro atoms. The molecule has 4 rings (SSSR count). The van der Waals surface area contributed by atoms with Crippen LogP contribution in [0.2, 0.25) is 0 Å². The number of rotatable bonds is 4. The Kier molecular flexibility index (Phi) is 5.07. The van der Waals surface area contributed by atoms with E-state index < -0.39 is 0 Å². The van der Waals surface area contributed by atoms with E-state index in [1.807, 2.05) is 0 Å². The lowest BCUT2D eigenvalue weighted by Gasteiger charge is -2.53. The van der Waals surface area contributed by atoms with Gasteiger partial charge in [0.25, 0.3) is 0 Å². The van der Waals surface area contributed by atoms with Gasteiger partial charge in [-0.3, -0.25) is 0 Å². The molecule has 2 aliphatic heterocycles. The zero-order valence-corrected chi connectivity index (χ0v) is 15.2. The summed E-state index contributed by atoms with van der Waals surface area (Å²) in [6, 6.07) is 22.0. The second-order valence-corrected chi connectivity index (χ2v) is 7.75. The highest BCUT2D eigenvalue weighted by molar-refractivity contribution is 5.49. The Balaban J connectivity index is 1.39. The van der Waals surface area contributed by atoms with Crippen molar-refractivity contribution in [2.45, 2.75) is 44.1 Å². The number of benzene rings is 2. The maximum absolute atomic E-state index is 2.74. The molecule has 25 heavy (non-hydrogen) atoms. The number of hydrogen-bond donors (Lipinski definition) is 0. The zero-order chi connectivity index (χ0) is 17.0. The molecule has 2 heterocycles. The summed E-state index contributed by atoms with van der Waals surface area (Å²) in [6.45, 7) is 4.92. The Bertz CT molecular complexity index is 644. The number of hydrogen-bond acceptors (Lipinski definition) is 2. The molecule has 0 amide bonds. The molecule has 2 fully saturated rings. The molecular formula is C23H30N2. The second-order valence-electron chi connectivity index (χ2n) is 7.75. The van der Waals surface area contributed by atoms with E-state index in [1.165, 1.54) is 76.0 Å². The van der Waals surface area contributed by atoms with Gasteiger partial charge in [0.05, 0.1) is 0 Å². The van der Waals surface area contributed by atoms with Crippen molar-refractivity contribution in [3.05, 3.63) is 66.2 Å². The minimum atomic E-state index is 0.406. The van der Waals surface area contributed by atoms with Crippen molar-refractivity contribution >= 4 is 5.69 Å². The van der Waals surface area contributed by atoms with Crippen molar-refractivity contribution in [2.24, 2.45) is 0 Å². The van der Waals surface area contributed by atoms with E-state index in [2.05, 4.69) is 70.5 Å². The van der Waals surface area contributed by atoms with Crippen molar-refractivity contribution in [2.75, 3.05) is 31.1 Å². The third-order valence-corrected chi connectivity index (χ3v) is 6.26. The minimum Gasteiger partial charge on any atom is -0.366 e. The summed E-state index contributed by atoms with van der Waals surface area (Å²) in [6.07, 6.45) is 7.92. The second kappa shape index (κ2) is 7.61. The highest BCUT2D eigenvalue weighted by Gasteiger charge is 2.41. The van der Waals surface area contributed by atoms with Crippen molar-refractivity contribution in [1.29, 1.82) is 0 Å². The molecule has 2 aromatic carbocycles. The summed E-state index contributed by atoms with van der Waals surface area (Å²) in [5.74, 6) is 0. The Hall–Kier alpha value is -1.80. The lowest BCUT2D eigenvalue weighted by atomic mass is 9.78.